The maximum Gasteiger partial charge on any atom is 0.303 e. The van der Waals surface area contributed by atoms with Crippen molar-refractivity contribution in [1.29, 1.82) is 0 Å². The highest BCUT2D eigenvalue weighted by Gasteiger charge is 2.27. The van der Waals surface area contributed by atoms with Gasteiger partial charge < -0.3 is 14.9 Å². The highest BCUT2D eigenvalue weighted by atomic mass is 35.5. The number of likely N-dealkylation sites (tertiary alicyclic amines) is 1. The van der Waals surface area contributed by atoms with Crippen molar-refractivity contribution in [3.8, 4) is 0 Å². The number of carboxylic acids is 1. The van der Waals surface area contributed by atoms with Gasteiger partial charge in [-0.25, -0.2) is 8.78 Å². The molecule has 8 heteroatoms. The van der Waals surface area contributed by atoms with Gasteiger partial charge in [0.25, 0.3) is 0 Å². The molecule has 2 aromatic rings. The first-order valence-corrected chi connectivity index (χ1v) is 12.3. The first kappa shape index (κ1) is 27.1. The molecule has 0 amide bonds. The zero-order valence-electron chi connectivity index (χ0n) is 19.9. The van der Waals surface area contributed by atoms with Gasteiger partial charge >= 0.3 is 5.97 Å². The molecule has 0 radical (unpaired) electrons. The largest absolute Gasteiger partial charge is 0.491 e. The van der Waals surface area contributed by atoms with Crippen molar-refractivity contribution in [2.45, 2.75) is 57.6 Å². The molecule has 1 aliphatic rings. The molecular weight excluding hydrogens is 476 g/mol. The molecule has 2 N–H and O–H groups in total. The Morgan fingerprint density at radius 2 is 2.00 bits per heavy atom. The van der Waals surface area contributed by atoms with E-state index >= 15 is 0 Å². The molecule has 2 aromatic carbocycles. The van der Waals surface area contributed by atoms with Gasteiger partial charge in [-0.2, -0.15) is 0 Å². The maximum absolute atomic E-state index is 13.8. The van der Waals surface area contributed by atoms with Gasteiger partial charge in [0.15, 0.2) is 11.6 Å². The fraction of sp³-hybridized carbons (Fsp3) is 0.444. The molecule has 0 saturated carbocycles. The van der Waals surface area contributed by atoms with Gasteiger partial charge in [-0.3, -0.25) is 9.69 Å². The van der Waals surface area contributed by atoms with E-state index in [1.807, 2.05) is 12.1 Å². The number of hydrogen-bond acceptors (Lipinski definition) is 4. The van der Waals surface area contributed by atoms with E-state index in [0.29, 0.717) is 18.2 Å². The summed E-state index contributed by atoms with van der Waals surface area (Å²) in [5.41, 5.74) is 2.83. The van der Waals surface area contributed by atoms with Crippen molar-refractivity contribution in [2.75, 3.05) is 19.7 Å². The van der Waals surface area contributed by atoms with E-state index in [-0.39, 0.29) is 30.8 Å². The number of aliphatic carboxylic acids is 1. The number of β-amino-alcohol motifs (C(OH)–C–C–N with tert-alkyl or cyclic N) is 1. The molecule has 0 aliphatic carbocycles. The fourth-order valence-corrected chi connectivity index (χ4v) is 4.81. The molecule has 3 rings (SSSR count). The van der Waals surface area contributed by atoms with E-state index in [0.717, 1.165) is 54.9 Å². The molecule has 1 fully saturated rings. The summed E-state index contributed by atoms with van der Waals surface area (Å²) in [5, 5.41) is 20.3. The van der Waals surface area contributed by atoms with E-state index in [1.54, 1.807) is 0 Å². The number of rotatable bonds is 12. The normalized spacial score (nSPS) is 16.9. The number of nitrogens with zero attached hydrogens (tertiary/aromatic N) is 1. The van der Waals surface area contributed by atoms with Crippen molar-refractivity contribution < 1.29 is 28.5 Å². The lowest BCUT2D eigenvalue weighted by atomic mass is 10.0. The number of carboxylic acid groups (broad SMARTS) is 1. The molecule has 0 unspecified atom stereocenters. The molecule has 1 saturated heterocycles. The van der Waals surface area contributed by atoms with Crippen LogP contribution in [0.3, 0.4) is 0 Å². The van der Waals surface area contributed by atoms with Gasteiger partial charge in [0, 0.05) is 29.6 Å². The van der Waals surface area contributed by atoms with Gasteiger partial charge in [-0.15, -0.1) is 0 Å². The summed E-state index contributed by atoms with van der Waals surface area (Å²) >= 11 is 6.24. The second-order valence-electron chi connectivity index (χ2n) is 8.98. The predicted octanol–water partition coefficient (Wildman–Crippen LogP) is 5.25. The van der Waals surface area contributed by atoms with Crippen LogP contribution >= 0.6 is 11.6 Å². The number of halogens is 3. The number of aliphatic hydroxyl groups excluding tert-OH is 1. The minimum atomic E-state index is -1.07. The lowest BCUT2D eigenvalue weighted by Gasteiger charge is -2.27. The zero-order valence-corrected chi connectivity index (χ0v) is 20.7. The lowest BCUT2D eigenvalue weighted by Crippen LogP contribution is -2.39. The highest BCUT2D eigenvalue weighted by molar-refractivity contribution is 6.31. The Hall–Kier alpha value is -2.48. The summed E-state index contributed by atoms with van der Waals surface area (Å²) in [5.74, 6) is -3.12. The molecule has 35 heavy (non-hydrogen) atoms. The Labute approximate surface area is 210 Å². The summed E-state index contributed by atoms with van der Waals surface area (Å²) in [6.45, 7) is 7.08. The third-order valence-electron chi connectivity index (χ3n) is 6.41. The van der Waals surface area contributed by atoms with E-state index in [4.69, 9.17) is 21.4 Å². The smallest absolute Gasteiger partial charge is 0.303 e. The Balaban J connectivity index is 1.57. The molecule has 1 heterocycles. The standard InChI is InChI=1S/C27H32ClF2NO4/c1-3-19-11-18(6-8-24(19)28)12-21-5-4-10-31(21)15-22(32)16-35-17(2)23-14-26(30)25(29)13-20(23)7-9-27(33)34/h6,8,11,13-14,21-22,32H,2-5,7,9-10,12,15-16H2,1H3,(H,33,34)/t21-,22+/m0/s1. The van der Waals surface area contributed by atoms with Gasteiger partial charge in [0.2, 0.25) is 0 Å². The summed E-state index contributed by atoms with van der Waals surface area (Å²) in [6.07, 6.45) is 2.78. The van der Waals surface area contributed by atoms with E-state index in [9.17, 15) is 18.7 Å². The van der Waals surface area contributed by atoms with Crippen LogP contribution in [0.4, 0.5) is 8.78 Å². The Bertz CT molecular complexity index is 1060. The maximum atomic E-state index is 13.8. The quantitative estimate of drug-likeness (QED) is 0.384. The molecular formula is C27H32ClF2NO4. The van der Waals surface area contributed by atoms with Crippen LogP contribution < -0.4 is 0 Å². The van der Waals surface area contributed by atoms with Gasteiger partial charge in [-0.05, 0) is 73.5 Å². The summed E-state index contributed by atoms with van der Waals surface area (Å²) < 4.78 is 33.1. The molecule has 0 aromatic heterocycles. The van der Waals surface area contributed by atoms with Gasteiger partial charge in [0.1, 0.15) is 18.5 Å². The fourth-order valence-electron chi connectivity index (χ4n) is 4.56. The molecule has 0 spiro atoms. The van der Waals surface area contributed by atoms with Crippen molar-refractivity contribution >= 4 is 23.3 Å². The number of aliphatic hydroxyl groups is 1. The number of benzene rings is 2. The molecule has 190 valence electrons. The average molecular weight is 508 g/mol. The van der Waals surface area contributed by atoms with Crippen LogP contribution in [-0.4, -0.2) is 52.9 Å². The Kier molecular flexibility index (Phi) is 9.66. The Morgan fingerprint density at radius 3 is 2.71 bits per heavy atom. The average Bonchev–Trinajstić information content (AvgIpc) is 3.25. The van der Waals surface area contributed by atoms with E-state index in [1.165, 1.54) is 5.56 Å². The molecule has 5 nitrogen and oxygen atoms in total. The minimum absolute atomic E-state index is 0.00665. The first-order chi connectivity index (χ1) is 16.7. The third-order valence-corrected chi connectivity index (χ3v) is 6.78. The van der Waals surface area contributed by atoms with Crippen LogP contribution in [-0.2, 0) is 28.8 Å². The zero-order chi connectivity index (χ0) is 25.5. The number of hydrogen-bond donors (Lipinski definition) is 2. The minimum Gasteiger partial charge on any atom is -0.491 e. The van der Waals surface area contributed by atoms with Crippen molar-refractivity contribution in [3.05, 3.63) is 75.8 Å². The van der Waals surface area contributed by atoms with Crippen LogP contribution in [0, 0.1) is 11.6 Å². The van der Waals surface area contributed by atoms with Crippen LogP contribution in [0.5, 0.6) is 0 Å². The number of ether oxygens (including phenoxy) is 1. The highest BCUT2D eigenvalue weighted by Crippen LogP contribution is 2.26. The van der Waals surface area contributed by atoms with E-state index in [2.05, 4.69) is 24.5 Å². The predicted molar refractivity (Wildman–Crippen MR) is 132 cm³/mol. The third kappa shape index (κ3) is 7.50. The number of aryl methyl sites for hydroxylation is 2. The first-order valence-electron chi connectivity index (χ1n) is 11.9. The SMILES string of the molecule is C=C(OC[C@H](O)CN1CCC[C@H]1Cc1ccc(Cl)c(CC)c1)c1cc(F)c(F)cc1CCC(=O)O. The molecule has 2 atom stereocenters. The molecule has 1 aliphatic heterocycles. The summed E-state index contributed by atoms with van der Waals surface area (Å²) in [6, 6.07) is 8.35. The van der Waals surface area contributed by atoms with Crippen LogP contribution in [0.1, 0.15) is 48.4 Å². The molecule has 0 bridgehead atoms. The van der Waals surface area contributed by atoms with Gasteiger partial charge in [0.05, 0.1) is 0 Å². The van der Waals surface area contributed by atoms with Crippen molar-refractivity contribution in [3.63, 3.8) is 0 Å². The van der Waals surface area contributed by atoms with Crippen molar-refractivity contribution in [1.82, 2.24) is 4.90 Å². The topological polar surface area (TPSA) is 70.0 Å². The number of carbonyl (C=O) groups is 1. The monoisotopic (exact) mass is 507 g/mol. The Morgan fingerprint density at radius 1 is 1.26 bits per heavy atom. The van der Waals surface area contributed by atoms with Crippen LogP contribution in [0.25, 0.3) is 5.76 Å². The van der Waals surface area contributed by atoms with Crippen LogP contribution in [0.2, 0.25) is 5.02 Å². The summed E-state index contributed by atoms with van der Waals surface area (Å²) in [4.78, 5) is 13.2. The second-order valence-corrected chi connectivity index (χ2v) is 9.39. The van der Waals surface area contributed by atoms with E-state index < -0.39 is 23.7 Å². The van der Waals surface area contributed by atoms with Crippen LogP contribution in [0.15, 0.2) is 36.9 Å². The van der Waals surface area contributed by atoms with Gasteiger partial charge in [-0.1, -0.05) is 37.2 Å². The van der Waals surface area contributed by atoms with Crippen molar-refractivity contribution in [2.24, 2.45) is 0 Å². The lowest BCUT2D eigenvalue weighted by molar-refractivity contribution is -0.136. The second kappa shape index (κ2) is 12.5. The summed E-state index contributed by atoms with van der Waals surface area (Å²) in [7, 11) is 0.